The van der Waals surface area contributed by atoms with Crippen LogP contribution in [0.4, 0.5) is 0 Å². The van der Waals surface area contributed by atoms with Crippen molar-refractivity contribution < 1.29 is 13.2 Å². The Labute approximate surface area is 107 Å². The van der Waals surface area contributed by atoms with Crippen LogP contribution in [0.1, 0.15) is 36.0 Å². The molecule has 98 valence electrons. The van der Waals surface area contributed by atoms with Crippen LogP contribution < -0.4 is 0 Å². The molecular weight excluding hydrogens is 252 g/mol. The van der Waals surface area contributed by atoms with Gasteiger partial charge in [0.15, 0.2) is 5.78 Å². The fourth-order valence-electron chi connectivity index (χ4n) is 2.44. The third-order valence-corrected chi connectivity index (χ3v) is 5.11. The zero-order valence-corrected chi connectivity index (χ0v) is 11.1. The monoisotopic (exact) mass is 268 g/mol. The quantitative estimate of drug-likeness (QED) is 0.771. The van der Waals surface area contributed by atoms with Crippen molar-refractivity contribution in [2.45, 2.75) is 30.9 Å². The number of carbonyl (C=O) groups is 1. The van der Waals surface area contributed by atoms with Crippen LogP contribution in [0.2, 0.25) is 0 Å². The summed E-state index contributed by atoms with van der Waals surface area (Å²) in [5, 5.41) is 6.93. The molecule has 0 amide bonds. The van der Waals surface area contributed by atoms with E-state index in [4.69, 9.17) is 0 Å². The summed E-state index contributed by atoms with van der Waals surface area (Å²) in [6, 6.07) is 1.62. The molecule has 2 unspecified atom stereocenters. The molecule has 2 atom stereocenters. The summed E-state index contributed by atoms with van der Waals surface area (Å²) >= 11 is 0. The molecule has 0 bridgehead atoms. The summed E-state index contributed by atoms with van der Waals surface area (Å²) in [5.41, 5.74) is 0.518. The Bertz CT molecular complexity index is 528. The van der Waals surface area contributed by atoms with Crippen LogP contribution in [0.3, 0.4) is 0 Å². The summed E-state index contributed by atoms with van der Waals surface area (Å²) in [5.74, 6) is -0.221. The molecule has 1 aromatic rings. The molecular formula is C12H16N2O3S. The highest BCUT2D eigenvalue weighted by atomic mass is 32.2. The van der Waals surface area contributed by atoms with E-state index in [9.17, 15) is 13.2 Å². The number of hydrogen-bond acceptors (Lipinski definition) is 5. The van der Waals surface area contributed by atoms with Crippen molar-refractivity contribution in [3.63, 3.8) is 0 Å². The summed E-state index contributed by atoms with van der Waals surface area (Å²) in [6.45, 7) is 0. The number of Topliss-reactive ketones (excluding diaryl/α,β-unsaturated/α-hetero) is 1. The van der Waals surface area contributed by atoms with E-state index in [0.29, 0.717) is 18.4 Å². The molecule has 0 radical (unpaired) electrons. The maximum absolute atomic E-state index is 12.2. The number of ketones is 1. The van der Waals surface area contributed by atoms with Crippen LogP contribution in [-0.4, -0.2) is 35.9 Å². The van der Waals surface area contributed by atoms with E-state index in [1.807, 2.05) is 0 Å². The van der Waals surface area contributed by atoms with Gasteiger partial charge in [-0.15, -0.1) is 0 Å². The zero-order chi connectivity index (χ0) is 13.2. The number of carbonyl (C=O) groups excluding carboxylic acids is 1. The van der Waals surface area contributed by atoms with Gasteiger partial charge in [0.05, 0.1) is 17.6 Å². The molecule has 6 heteroatoms. The fraction of sp³-hybridized carbons (Fsp3) is 0.583. The molecule has 0 saturated heterocycles. The Hall–Kier alpha value is -1.30. The second kappa shape index (κ2) is 5.14. The van der Waals surface area contributed by atoms with Crippen LogP contribution in [0, 0.1) is 5.92 Å². The van der Waals surface area contributed by atoms with E-state index < -0.39 is 9.84 Å². The summed E-state index contributed by atoms with van der Waals surface area (Å²) < 4.78 is 23.1. The normalized spacial score (nSPS) is 24.7. The molecule has 1 heterocycles. The Balaban J connectivity index is 2.13. The van der Waals surface area contributed by atoms with Gasteiger partial charge in [0, 0.05) is 17.7 Å². The Kier molecular flexibility index (Phi) is 3.75. The number of aromatic nitrogens is 2. The smallest absolute Gasteiger partial charge is 0.167 e. The summed E-state index contributed by atoms with van der Waals surface area (Å²) in [7, 11) is -3.05. The maximum Gasteiger partial charge on any atom is 0.167 e. The van der Waals surface area contributed by atoms with Crippen molar-refractivity contribution in [3.05, 3.63) is 24.0 Å². The highest BCUT2D eigenvalue weighted by Crippen LogP contribution is 2.30. The highest BCUT2D eigenvalue weighted by molar-refractivity contribution is 7.91. The van der Waals surface area contributed by atoms with Crippen molar-refractivity contribution >= 4 is 15.6 Å². The van der Waals surface area contributed by atoms with E-state index in [1.54, 1.807) is 6.07 Å². The van der Waals surface area contributed by atoms with E-state index in [2.05, 4.69) is 10.2 Å². The first-order chi connectivity index (χ1) is 8.48. The van der Waals surface area contributed by atoms with Gasteiger partial charge in [-0.05, 0) is 25.3 Å². The van der Waals surface area contributed by atoms with Gasteiger partial charge >= 0.3 is 0 Å². The van der Waals surface area contributed by atoms with E-state index in [0.717, 1.165) is 12.8 Å². The third kappa shape index (κ3) is 2.93. The Morgan fingerprint density at radius 3 is 2.72 bits per heavy atom. The van der Waals surface area contributed by atoms with Crippen molar-refractivity contribution in [3.8, 4) is 0 Å². The predicted octanol–water partition coefficient (Wildman–Crippen LogP) is 1.26. The van der Waals surface area contributed by atoms with Gasteiger partial charge in [-0.1, -0.05) is 6.42 Å². The average Bonchev–Trinajstić information content (AvgIpc) is 2.38. The minimum atomic E-state index is -3.05. The highest BCUT2D eigenvalue weighted by Gasteiger charge is 2.32. The molecule has 0 spiro atoms. The number of rotatable bonds is 3. The van der Waals surface area contributed by atoms with Crippen LogP contribution >= 0.6 is 0 Å². The molecule has 1 aliphatic rings. The molecule has 1 fully saturated rings. The van der Waals surface area contributed by atoms with Crippen molar-refractivity contribution in [2.24, 2.45) is 5.92 Å². The van der Waals surface area contributed by atoms with Crippen molar-refractivity contribution in [1.82, 2.24) is 10.2 Å². The van der Waals surface area contributed by atoms with Crippen LogP contribution in [0.15, 0.2) is 18.5 Å². The molecule has 0 N–H and O–H groups in total. The molecule has 2 rings (SSSR count). The number of hydrogen-bond donors (Lipinski definition) is 0. The second-order valence-electron chi connectivity index (χ2n) is 4.81. The lowest BCUT2D eigenvalue weighted by Gasteiger charge is -2.26. The summed E-state index contributed by atoms with van der Waals surface area (Å²) in [6.07, 6.45) is 6.80. The van der Waals surface area contributed by atoms with Gasteiger partial charge in [-0.2, -0.15) is 10.2 Å². The lowest BCUT2D eigenvalue weighted by atomic mass is 9.84. The fourth-order valence-corrected chi connectivity index (χ4v) is 3.62. The van der Waals surface area contributed by atoms with Gasteiger partial charge in [-0.3, -0.25) is 4.79 Å². The second-order valence-corrected chi connectivity index (χ2v) is 7.14. The average molecular weight is 268 g/mol. The molecule has 1 saturated carbocycles. The minimum absolute atomic E-state index is 0.0155. The zero-order valence-electron chi connectivity index (χ0n) is 10.2. The summed E-state index contributed by atoms with van der Waals surface area (Å²) in [4.78, 5) is 12.2. The molecule has 18 heavy (non-hydrogen) atoms. The topological polar surface area (TPSA) is 77.0 Å². The first-order valence-corrected chi connectivity index (χ1v) is 7.93. The number of sulfone groups is 1. The van der Waals surface area contributed by atoms with Crippen molar-refractivity contribution in [2.75, 3.05) is 6.26 Å². The molecule has 0 aromatic carbocycles. The molecule has 1 aromatic heterocycles. The van der Waals surface area contributed by atoms with Gasteiger partial charge < -0.3 is 0 Å². The van der Waals surface area contributed by atoms with Gasteiger partial charge in [0.1, 0.15) is 9.84 Å². The van der Waals surface area contributed by atoms with E-state index in [-0.39, 0.29) is 17.0 Å². The molecule has 0 aliphatic heterocycles. The van der Waals surface area contributed by atoms with E-state index >= 15 is 0 Å². The first kappa shape index (κ1) is 13.1. The Morgan fingerprint density at radius 1 is 1.33 bits per heavy atom. The Morgan fingerprint density at radius 2 is 2.11 bits per heavy atom. The van der Waals surface area contributed by atoms with Crippen LogP contribution in [0.25, 0.3) is 0 Å². The maximum atomic E-state index is 12.2. The predicted molar refractivity (Wildman–Crippen MR) is 67.0 cm³/mol. The van der Waals surface area contributed by atoms with Crippen molar-refractivity contribution in [1.29, 1.82) is 0 Å². The van der Waals surface area contributed by atoms with Gasteiger partial charge in [0.25, 0.3) is 0 Å². The standard InChI is InChI=1S/C12H16N2O3S/c1-18(16,17)11-4-2-3-9(7-11)12(15)10-5-6-13-14-8-10/h5-6,8-9,11H,2-4,7H2,1H3. The minimum Gasteiger partial charge on any atom is -0.294 e. The van der Waals surface area contributed by atoms with Crippen LogP contribution in [-0.2, 0) is 9.84 Å². The van der Waals surface area contributed by atoms with Gasteiger partial charge in [0.2, 0.25) is 0 Å². The lowest BCUT2D eigenvalue weighted by molar-refractivity contribution is 0.0890. The molecule has 5 nitrogen and oxygen atoms in total. The SMILES string of the molecule is CS(=O)(=O)C1CCCC(C(=O)c2ccnnc2)C1. The lowest BCUT2D eigenvalue weighted by Crippen LogP contribution is -2.31. The molecule has 1 aliphatic carbocycles. The number of nitrogens with zero attached hydrogens (tertiary/aromatic N) is 2. The first-order valence-electron chi connectivity index (χ1n) is 5.98. The largest absolute Gasteiger partial charge is 0.294 e. The van der Waals surface area contributed by atoms with E-state index in [1.165, 1.54) is 18.6 Å². The van der Waals surface area contributed by atoms with Gasteiger partial charge in [-0.25, -0.2) is 8.42 Å². The third-order valence-electron chi connectivity index (χ3n) is 3.47. The van der Waals surface area contributed by atoms with Crippen LogP contribution in [0.5, 0.6) is 0 Å².